The standard InChI is InChI=1S/C21H22F4N2O2/c22-19-4-2-1-3-16(19)13-26-12-11-17-7-10-20(28)27(17)14-15-5-8-18(9-6-15)29-21(23,24)25/h1-6,8-9,17,26H,7,10-14H2/t17-/m1/s1. The number of carbonyl (C=O) groups is 1. The van der Waals surface area contributed by atoms with Gasteiger partial charge in [0.25, 0.3) is 0 Å². The Balaban J connectivity index is 1.50. The van der Waals surface area contributed by atoms with Gasteiger partial charge in [-0.3, -0.25) is 4.79 Å². The van der Waals surface area contributed by atoms with Gasteiger partial charge in [-0.15, -0.1) is 13.2 Å². The first kappa shape index (κ1) is 21.1. The van der Waals surface area contributed by atoms with Gasteiger partial charge in [0.2, 0.25) is 5.91 Å². The van der Waals surface area contributed by atoms with E-state index in [-0.39, 0.29) is 23.5 Å². The molecule has 1 saturated heterocycles. The summed E-state index contributed by atoms with van der Waals surface area (Å²) in [6, 6.07) is 12.1. The average Bonchev–Trinajstić information content (AvgIpc) is 3.00. The van der Waals surface area contributed by atoms with Crippen molar-refractivity contribution in [2.75, 3.05) is 6.54 Å². The van der Waals surface area contributed by atoms with Crippen molar-refractivity contribution in [3.8, 4) is 5.75 Å². The topological polar surface area (TPSA) is 41.6 Å². The highest BCUT2D eigenvalue weighted by atomic mass is 19.4. The molecule has 8 heteroatoms. The Labute approximate surface area is 166 Å². The summed E-state index contributed by atoms with van der Waals surface area (Å²) < 4.78 is 54.2. The lowest BCUT2D eigenvalue weighted by molar-refractivity contribution is -0.274. The van der Waals surface area contributed by atoms with Crippen molar-refractivity contribution in [3.63, 3.8) is 0 Å². The van der Waals surface area contributed by atoms with Gasteiger partial charge >= 0.3 is 6.36 Å². The van der Waals surface area contributed by atoms with Crippen LogP contribution in [0.15, 0.2) is 48.5 Å². The van der Waals surface area contributed by atoms with Gasteiger partial charge in [0.1, 0.15) is 11.6 Å². The number of halogens is 4. The third kappa shape index (κ3) is 6.19. The van der Waals surface area contributed by atoms with Crippen LogP contribution < -0.4 is 10.1 Å². The van der Waals surface area contributed by atoms with Crippen molar-refractivity contribution in [3.05, 3.63) is 65.5 Å². The predicted octanol–water partition coefficient (Wildman–Crippen LogP) is 4.40. The van der Waals surface area contributed by atoms with Crippen LogP contribution in [0.25, 0.3) is 0 Å². The second-order valence-electron chi connectivity index (χ2n) is 6.96. The third-order valence-electron chi connectivity index (χ3n) is 4.89. The van der Waals surface area contributed by atoms with Gasteiger partial charge in [-0.05, 0) is 43.1 Å². The molecule has 0 radical (unpaired) electrons. The highest BCUT2D eigenvalue weighted by Gasteiger charge is 2.32. The van der Waals surface area contributed by atoms with Gasteiger partial charge in [-0.1, -0.05) is 30.3 Å². The summed E-state index contributed by atoms with van der Waals surface area (Å²) in [7, 11) is 0. The van der Waals surface area contributed by atoms with Crippen molar-refractivity contribution in [1.29, 1.82) is 0 Å². The zero-order valence-corrected chi connectivity index (χ0v) is 15.7. The molecule has 156 valence electrons. The van der Waals surface area contributed by atoms with Crippen LogP contribution in [0.5, 0.6) is 5.75 Å². The number of carbonyl (C=O) groups excluding carboxylic acids is 1. The summed E-state index contributed by atoms with van der Waals surface area (Å²) in [6.45, 7) is 1.37. The van der Waals surface area contributed by atoms with Crippen LogP contribution in [0.3, 0.4) is 0 Å². The van der Waals surface area contributed by atoms with Gasteiger partial charge in [0.15, 0.2) is 0 Å². The van der Waals surface area contributed by atoms with Crippen LogP contribution in [0.1, 0.15) is 30.4 Å². The lowest BCUT2D eigenvalue weighted by atomic mass is 10.1. The normalized spacial score (nSPS) is 17.0. The third-order valence-corrected chi connectivity index (χ3v) is 4.89. The van der Waals surface area contributed by atoms with Crippen LogP contribution in [0.2, 0.25) is 0 Å². The quantitative estimate of drug-likeness (QED) is 0.518. The van der Waals surface area contributed by atoms with E-state index < -0.39 is 6.36 Å². The number of likely N-dealkylation sites (tertiary alicyclic amines) is 1. The number of rotatable bonds is 8. The molecule has 1 fully saturated rings. The second kappa shape index (κ2) is 9.26. The summed E-state index contributed by atoms with van der Waals surface area (Å²) in [5.41, 5.74) is 1.33. The molecule has 1 aliphatic heterocycles. The Morgan fingerprint density at radius 2 is 1.83 bits per heavy atom. The Morgan fingerprint density at radius 1 is 1.10 bits per heavy atom. The molecule has 2 aromatic carbocycles. The van der Waals surface area contributed by atoms with E-state index in [0.29, 0.717) is 31.6 Å². The fourth-order valence-electron chi connectivity index (χ4n) is 3.44. The number of nitrogens with zero attached hydrogens (tertiary/aromatic N) is 1. The van der Waals surface area contributed by atoms with Crippen LogP contribution in [0, 0.1) is 5.82 Å². The predicted molar refractivity (Wildman–Crippen MR) is 99.4 cm³/mol. The molecule has 0 bridgehead atoms. The van der Waals surface area contributed by atoms with Crippen LogP contribution in [-0.4, -0.2) is 29.8 Å². The minimum atomic E-state index is -4.73. The first-order valence-electron chi connectivity index (χ1n) is 9.40. The van der Waals surface area contributed by atoms with Gasteiger partial charge in [0.05, 0.1) is 0 Å². The first-order chi connectivity index (χ1) is 13.8. The highest BCUT2D eigenvalue weighted by Crippen LogP contribution is 2.26. The average molecular weight is 410 g/mol. The van der Waals surface area contributed by atoms with E-state index in [9.17, 15) is 22.4 Å². The van der Waals surface area contributed by atoms with Gasteiger partial charge in [0, 0.05) is 31.1 Å². The Morgan fingerprint density at radius 3 is 2.52 bits per heavy atom. The minimum absolute atomic E-state index is 0.0275. The maximum absolute atomic E-state index is 13.6. The maximum Gasteiger partial charge on any atom is 0.573 e. The van der Waals surface area contributed by atoms with Crippen molar-refractivity contribution < 1.29 is 27.1 Å². The van der Waals surface area contributed by atoms with Crippen molar-refractivity contribution in [1.82, 2.24) is 10.2 Å². The largest absolute Gasteiger partial charge is 0.573 e. The Kier molecular flexibility index (Phi) is 6.74. The molecule has 29 heavy (non-hydrogen) atoms. The molecule has 4 nitrogen and oxygen atoms in total. The number of nitrogens with one attached hydrogen (secondary N) is 1. The monoisotopic (exact) mass is 410 g/mol. The number of amides is 1. The van der Waals surface area contributed by atoms with Gasteiger partial charge in [-0.2, -0.15) is 0 Å². The van der Waals surface area contributed by atoms with Crippen molar-refractivity contribution in [2.45, 2.75) is 44.8 Å². The molecule has 1 atom stereocenters. The molecule has 0 aliphatic carbocycles. The fraction of sp³-hybridized carbons (Fsp3) is 0.381. The van der Waals surface area contributed by atoms with Crippen LogP contribution in [0.4, 0.5) is 17.6 Å². The molecular weight excluding hydrogens is 388 g/mol. The zero-order chi connectivity index (χ0) is 20.9. The highest BCUT2D eigenvalue weighted by molar-refractivity contribution is 5.78. The number of ether oxygens (including phenoxy) is 1. The Bertz CT molecular complexity index is 824. The SMILES string of the molecule is O=C1CC[C@H](CCNCc2ccccc2F)N1Cc1ccc(OC(F)(F)F)cc1. The van der Waals surface area contributed by atoms with E-state index >= 15 is 0 Å². The molecule has 0 saturated carbocycles. The zero-order valence-electron chi connectivity index (χ0n) is 15.7. The van der Waals surface area contributed by atoms with Crippen molar-refractivity contribution >= 4 is 5.91 Å². The summed E-state index contributed by atoms with van der Waals surface area (Å²) in [5, 5.41) is 3.20. The fourth-order valence-corrected chi connectivity index (χ4v) is 3.44. The molecule has 1 N–H and O–H groups in total. The number of hydrogen-bond acceptors (Lipinski definition) is 3. The summed E-state index contributed by atoms with van der Waals surface area (Å²) >= 11 is 0. The molecule has 0 aromatic heterocycles. The molecule has 2 aromatic rings. The molecule has 1 aliphatic rings. The first-order valence-corrected chi connectivity index (χ1v) is 9.40. The minimum Gasteiger partial charge on any atom is -0.406 e. The lowest BCUT2D eigenvalue weighted by Crippen LogP contribution is -2.34. The molecule has 3 rings (SSSR count). The van der Waals surface area contributed by atoms with E-state index in [1.54, 1.807) is 23.1 Å². The van der Waals surface area contributed by atoms with Crippen molar-refractivity contribution in [2.24, 2.45) is 0 Å². The smallest absolute Gasteiger partial charge is 0.406 e. The summed E-state index contributed by atoms with van der Waals surface area (Å²) in [6.07, 6.45) is -2.83. The maximum atomic E-state index is 13.6. The molecular formula is C21H22F4N2O2. The molecule has 0 unspecified atom stereocenters. The van der Waals surface area contributed by atoms with Crippen LogP contribution in [-0.2, 0) is 17.9 Å². The lowest BCUT2D eigenvalue weighted by Gasteiger charge is -2.25. The summed E-state index contributed by atoms with van der Waals surface area (Å²) in [4.78, 5) is 14.0. The summed E-state index contributed by atoms with van der Waals surface area (Å²) in [5.74, 6) is -0.516. The van der Waals surface area contributed by atoms with E-state index in [1.807, 2.05) is 0 Å². The second-order valence-corrected chi connectivity index (χ2v) is 6.96. The number of benzene rings is 2. The molecule has 1 amide bonds. The van der Waals surface area contributed by atoms with E-state index in [2.05, 4.69) is 10.1 Å². The van der Waals surface area contributed by atoms with E-state index in [0.717, 1.165) is 18.4 Å². The molecule has 1 heterocycles. The number of alkyl halides is 3. The Hall–Kier alpha value is -2.61. The number of hydrogen-bond donors (Lipinski definition) is 1. The van der Waals surface area contributed by atoms with Gasteiger partial charge in [-0.25, -0.2) is 4.39 Å². The van der Waals surface area contributed by atoms with E-state index in [1.165, 1.54) is 30.3 Å². The van der Waals surface area contributed by atoms with Crippen LogP contribution >= 0.6 is 0 Å². The van der Waals surface area contributed by atoms with Gasteiger partial charge < -0.3 is 15.0 Å². The molecule has 0 spiro atoms. The van der Waals surface area contributed by atoms with E-state index in [4.69, 9.17) is 0 Å².